The smallest absolute Gasteiger partial charge is 0.302 e. The molecule has 0 rings (SSSR count). The molecule has 148 valence electrons. The molecule has 4 heteroatoms. The summed E-state index contributed by atoms with van der Waals surface area (Å²) in [5, 5.41) is 19.0. The molecule has 1 unspecified atom stereocenters. The first-order valence-electron chi connectivity index (χ1n) is 9.32. The second-order valence-electron chi connectivity index (χ2n) is 6.93. The van der Waals surface area contributed by atoms with Crippen LogP contribution in [0.3, 0.4) is 0 Å². The molecule has 2 N–H and O–H groups in total. The van der Waals surface area contributed by atoms with E-state index in [2.05, 4.69) is 12.2 Å². The van der Waals surface area contributed by atoms with Gasteiger partial charge in [0.05, 0.1) is 12.7 Å². The fourth-order valence-electron chi connectivity index (χ4n) is 2.34. The van der Waals surface area contributed by atoms with Gasteiger partial charge in [-0.25, -0.2) is 0 Å². The summed E-state index contributed by atoms with van der Waals surface area (Å²) in [6, 6.07) is 0. The highest BCUT2D eigenvalue weighted by Gasteiger charge is 2.05. The molecule has 0 fully saturated rings. The number of aliphatic hydroxyl groups excluding tert-OH is 2. The molecule has 0 aromatic carbocycles. The van der Waals surface area contributed by atoms with Crippen LogP contribution >= 0.6 is 0 Å². The van der Waals surface area contributed by atoms with Crippen LogP contribution < -0.4 is 0 Å². The number of carbonyl (C=O) groups is 1. The Hall–Kier alpha value is -1.65. The number of carbonyl (C=O) groups excluding carboxylic acids is 1. The maximum Gasteiger partial charge on any atom is 0.302 e. The van der Waals surface area contributed by atoms with E-state index in [9.17, 15) is 9.90 Å². The van der Waals surface area contributed by atoms with E-state index >= 15 is 0 Å². The van der Waals surface area contributed by atoms with Gasteiger partial charge in [0.25, 0.3) is 0 Å². The molecule has 26 heavy (non-hydrogen) atoms. The Kier molecular flexibility index (Phi) is 13.6. The van der Waals surface area contributed by atoms with Crippen molar-refractivity contribution in [2.45, 2.75) is 72.8 Å². The lowest BCUT2D eigenvalue weighted by Gasteiger charge is -2.11. The van der Waals surface area contributed by atoms with Crippen LogP contribution in [0.25, 0.3) is 0 Å². The molecule has 0 amide bonds. The fraction of sp³-hybridized carbons (Fsp3) is 0.591. The normalized spacial score (nSPS) is 14.2. The third-order valence-corrected chi connectivity index (χ3v) is 4.08. The number of aliphatic hydroxyl groups is 2. The second kappa shape index (κ2) is 14.5. The molecular weight excluding hydrogens is 328 g/mol. The Bertz CT molecular complexity index is 534. The van der Waals surface area contributed by atoms with Crippen LogP contribution in [0.1, 0.15) is 66.7 Å². The quantitative estimate of drug-likeness (QED) is 0.391. The van der Waals surface area contributed by atoms with Crippen molar-refractivity contribution < 1.29 is 19.7 Å². The molecule has 0 saturated carbocycles. The third-order valence-electron chi connectivity index (χ3n) is 4.08. The van der Waals surface area contributed by atoms with Crippen LogP contribution in [-0.2, 0) is 9.53 Å². The standard InChI is InChI=1S/C22H36O4/c1-17(2)12-13-22(25)19(4)9-7-11-21(16-26-20(5)24)10-6-8-18(3)14-15-23/h9-10,12,14,22-23,25H,6-8,11,13,15-16H2,1-5H3. The largest absolute Gasteiger partial charge is 0.461 e. The zero-order valence-corrected chi connectivity index (χ0v) is 17.0. The molecule has 0 aliphatic carbocycles. The lowest BCUT2D eigenvalue weighted by Crippen LogP contribution is -2.07. The summed E-state index contributed by atoms with van der Waals surface area (Å²) >= 11 is 0. The van der Waals surface area contributed by atoms with Crippen LogP contribution in [0.5, 0.6) is 0 Å². The first kappa shape index (κ1) is 24.4. The molecule has 0 heterocycles. The minimum absolute atomic E-state index is 0.0645. The maximum atomic E-state index is 11.1. The lowest BCUT2D eigenvalue weighted by molar-refractivity contribution is -0.140. The zero-order valence-electron chi connectivity index (χ0n) is 17.0. The number of esters is 1. The Morgan fingerprint density at radius 2 is 1.62 bits per heavy atom. The van der Waals surface area contributed by atoms with Crippen LogP contribution in [0.2, 0.25) is 0 Å². The van der Waals surface area contributed by atoms with E-state index in [1.54, 1.807) is 6.08 Å². The van der Waals surface area contributed by atoms with E-state index in [-0.39, 0.29) is 12.6 Å². The predicted octanol–water partition coefficient (Wildman–Crippen LogP) is 4.64. The monoisotopic (exact) mass is 364 g/mol. The summed E-state index contributed by atoms with van der Waals surface area (Å²) < 4.78 is 5.14. The van der Waals surface area contributed by atoms with E-state index < -0.39 is 6.10 Å². The van der Waals surface area contributed by atoms with Gasteiger partial charge in [0, 0.05) is 6.92 Å². The summed E-state index contributed by atoms with van der Waals surface area (Å²) in [4.78, 5) is 11.1. The van der Waals surface area contributed by atoms with Crippen molar-refractivity contribution in [1.29, 1.82) is 0 Å². The molecule has 0 aliphatic heterocycles. The molecule has 0 saturated heterocycles. The van der Waals surface area contributed by atoms with Gasteiger partial charge >= 0.3 is 5.97 Å². The van der Waals surface area contributed by atoms with E-state index in [4.69, 9.17) is 9.84 Å². The van der Waals surface area contributed by atoms with Crippen molar-refractivity contribution in [1.82, 2.24) is 0 Å². The first-order valence-corrected chi connectivity index (χ1v) is 9.32. The Labute approximate surface area is 159 Å². The van der Waals surface area contributed by atoms with Crippen LogP contribution in [0.15, 0.2) is 46.6 Å². The molecule has 0 spiro atoms. The van der Waals surface area contributed by atoms with Crippen molar-refractivity contribution in [2.24, 2.45) is 0 Å². The minimum atomic E-state index is -0.447. The van der Waals surface area contributed by atoms with Gasteiger partial charge in [-0.2, -0.15) is 0 Å². The minimum Gasteiger partial charge on any atom is -0.461 e. The fourth-order valence-corrected chi connectivity index (χ4v) is 2.34. The topological polar surface area (TPSA) is 66.8 Å². The number of hydrogen-bond acceptors (Lipinski definition) is 4. The van der Waals surface area contributed by atoms with E-state index in [1.165, 1.54) is 12.5 Å². The van der Waals surface area contributed by atoms with E-state index in [0.29, 0.717) is 13.0 Å². The third kappa shape index (κ3) is 13.6. The average molecular weight is 365 g/mol. The highest BCUT2D eigenvalue weighted by Crippen LogP contribution is 2.15. The van der Waals surface area contributed by atoms with Crippen LogP contribution in [-0.4, -0.2) is 35.5 Å². The number of ether oxygens (including phenoxy) is 1. The van der Waals surface area contributed by atoms with Gasteiger partial charge in [-0.1, -0.05) is 35.5 Å². The molecule has 0 bridgehead atoms. The number of rotatable bonds is 12. The highest BCUT2D eigenvalue weighted by molar-refractivity contribution is 5.66. The second-order valence-corrected chi connectivity index (χ2v) is 6.93. The molecule has 4 nitrogen and oxygen atoms in total. The van der Waals surface area contributed by atoms with Gasteiger partial charge in [-0.05, 0) is 70.9 Å². The molecule has 0 aromatic heterocycles. The highest BCUT2D eigenvalue weighted by atomic mass is 16.5. The molecule has 0 aliphatic rings. The van der Waals surface area contributed by atoms with Gasteiger partial charge in [-0.3, -0.25) is 4.79 Å². The molecule has 1 atom stereocenters. The zero-order chi connectivity index (χ0) is 19.9. The van der Waals surface area contributed by atoms with Gasteiger partial charge < -0.3 is 14.9 Å². The average Bonchev–Trinajstić information content (AvgIpc) is 2.56. The van der Waals surface area contributed by atoms with Gasteiger partial charge in [0.2, 0.25) is 0 Å². The lowest BCUT2D eigenvalue weighted by atomic mass is 10.0. The SMILES string of the molecule is CC(=O)OCC(=CCCC(C)=CCO)CCC=C(C)C(O)CC=C(C)C. The van der Waals surface area contributed by atoms with Crippen molar-refractivity contribution in [3.05, 3.63) is 46.6 Å². The molecule has 0 aromatic rings. The van der Waals surface area contributed by atoms with Crippen molar-refractivity contribution in [2.75, 3.05) is 13.2 Å². The Morgan fingerprint density at radius 1 is 0.962 bits per heavy atom. The summed E-state index contributed by atoms with van der Waals surface area (Å²) in [6.07, 6.45) is 11.5. The molecule has 0 radical (unpaired) electrons. The predicted molar refractivity (Wildman–Crippen MR) is 108 cm³/mol. The van der Waals surface area contributed by atoms with Crippen molar-refractivity contribution >= 4 is 5.97 Å². The number of allylic oxidation sites excluding steroid dienone is 4. The van der Waals surface area contributed by atoms with Crippen LogP contribution in [0.4, 0.5) is 0 Å². The Morgan fingerprint density at radius 3 is 2.19 bits per heavy atom. The first-order chi connectivity index (χ1) is 12.3. The summed E-state index contributed by atoms with van der Waals surface area (Å²) in [5.41, 5.74) is 4.40. The van der Waals surface area contributed by atoms with Gasteiger partial charge in [-0.15, -0.1) is 0 Å². The van der Waals surface area contributed by atoms with Crippen molar-refractivity contribution in [3.8, 4) is 0 Å². The van der Waals surface area contributed by atoms with E-state index in [1.807, 2.05) is 33.8 Å². The Balaban J connectivity index is 4.66. The van der Waals surface area contributed by atoms with Gasteiger partial charge in [0.1, 0.15) is 6.61 Å². The van der Waals surface area contributed by atoms with E-state index in [0.717, 1.165) is 42.4 Å². The summed E-state index contributed by atoms with van der Waals surface area (Å²) in [5.74, 6) is -0.281. The number of hydrogen-bond donors (Lipinski definition) is 2. The maximum absolute atomic E-state index is 11.1. The summed E-state index contributed by atoms with van der Waals surface area (Å²) in [7, 11) is 0. The molecular formula is C22H36O4. The van der Waals surface area contributed by atoms with Crippen LogP contribution in [0, 0.1) is 0 Å². The summed E-state index contributed by atoms with van der Waals surface area (Å²) in [6.45, 7) is 9.78. The van der Waals surface area contributed by atoms with Gasteiger partial charge in [0.15, 0.2) is 0 Å². The van der Waals surface area contributed by atoms with Crippen molar-refractivity contribution in [3.63, 3.8) is 0 Å².